The van der Waals surface area contributed by atoms with Gasteiger partial charge in [0.05, 0.1) is 5.57 Å². The molecule has 2 nitrogen and oxygen atoms in total. The van der Waals surface area contributed by atoms with E-state index in [9.17, 15) is 4.79 Å². The highest BCUT2D eigenvalue weighted by atomic mass is 16.5. The number of esters is 1. The Hall–Kier alpha value is -1.05. The predicted molar refractivity (Wildman–Crippen MR) is 66.4 cm³/mol. The summed E-state index contributed by atoms with van der Waals surface area (Å²) in [6.07, 6.45) is 5.68. The van der Waals surface area contributed by atoms with E-state index in [0.29, 0.717) is 23.9 Å². The lowest BCUT2D eigenvalue weighted by atomic mass is 9.87. The second-order valence-corrected chi connectivity index (χ2v) is 6.62. The summed E-state index contributed by atoms with van der Waals surface area (Å²) in [7, 11) is 0. The molecule has 0 N–H and O–H groups in total. The molecule has 1 heterocycles. The van der Waals surface area contributed by atoms with E-state index < -0.39 is 0 Å². The van der Waals surface area contributed by atoms with Crippen molar-refractivity contribution in [3.8, 4) is 0 Å². The summed E-state index contributed by atoms with van der Waals surface area (Å²) in [6, 6.07) is 0. The SMILES string of the molecule is CC1=CC2=C(COC2=O)CC2CC(C)(C)CC12. The van der Waals surface area contributed by atoms with Gasteiger partial charge in [-0.2, -0.15) is 0 Å². The number of cyclic esters (lactones) is 1. The van der Waals surface area contributed by atoms with Gasteiger partial charge in [-0.25, -0.2) is 4.79 Å². The Morgan fingerprint density at radius 2 is 2.12 bits per heavy atom. The number of carbonyl (C=O) groups is 1. The van der Waals surface area contributed by atoms with Crippen LogP contribution < -0.4 is 0 Å². The predicted octanol–water partition coefficient (Wildman–Crippen LogP) is 3.24. The molecule has 0 amide bonds. The first kappa shape index (κ1) is 11.1. The van der Waals surface area contributed by atoms with E-state index in [1.54, 1.807) is 0 Å². The van der Waals surface area contributed by atoms with Crippen molar-refractivity contribution in [3.05, 3.63) is 22.8 Å². The van der Waals surface area contributed by atoms with Crippen LogP contribution in [-0.2, 0) is 9.53 Å². The summed E-state index contributed by atoms with van der Waals surface area (Å²) in [5.41, 5.74) is 3.92. The van der Waals surface area contributed by atoms with Gasteiger partial charge in [0.2, 0.25) is 0 Å². The summed E-state index contributed by atoms with van der Waals surface area (Å²) in [4.78, 5) is 11.6. The fourth-order valence-corrected chi connectivity index (χ4v) is 3.88. The lowest BCUT2D eigenvalue weighted by molar-refractivity contribution is -0.135. The molecule has 3 aliphatic rings. The Morgan fingerprint density at radius 3 is 2.88 bits per heavy atom. The molecular weight excluding hydrogens is 212 g/mol. The Morgan fingerprint density at radius 1 is 1.35 bits per heavy atom. The van der Waals surface area contributed by atoms with E-state index in [2.05, 4.69) is 26.8 Å². The number of ether oxygens (including phenoxy) is 1. The highest BCUT2D eigenvalue weighted by Crippen LogP contribution is 2.52. The van der Waals surface area contributed by atoms with Gasteiger partial charge in [0.1, 0.15) is 6.61 Å². The van der Waals surface area contributed by atoms with Crippen molar-refractivity contribution in [1.82, 2.24) is 0 Å². The van der Waals surface area contributed by atoms with E-state index >= 15 is 0 Å². The van der Waals surface area contributed by atoms with Crippen molar-refractivity contribution in [2.24, 2.45) is 17.3 Å². The second-order valence-electron chi connectivity index (χ2n) is 6.62. The van der Waals surface area contributed by atoms with E-state index in [-0.39, 0.29) is 5.97 Å². The Kier molecular flexibility index (Phi) is 2.26. The Bertz CT molecular complexity index is 440. The van der Waals surface area contributed by atoms with Crippen LogP contribution in [0.2, 0.25) is 0 Å². The first-order chi connectivity index (χ1) is 7.96. The summed E-state index contributed by atoms with van der Waals surface area (Å²) >= 11 is 0. The molecule has 2 aliphatic carbocycles. The van der Waals surface area contributed by atoms with Crippen molar-refractivity contribution < 1.29 is 9.53 Å². The number of carbonyl (C=O) groups excluding carboxylic acids is 1. The fraction of sp³-hybridized carbons (Fsp3) is 0.667. The third-order valence-electron chi connectivity index (χ3n) is 4.60. The molecule has 0 bridgehead atoms. The van der Waals surface area contributed by atoms with Crippen molar-refractivity contribution in [2.45, 2.75) is 40.0 Å². The number of rotatable bonds is 0. The summed E-state index contributed by atoms with van der Waals surface area (Å²) < 4.78 is 5.15. The van der Waals surface area contributed by atoms with Crippen LogP contribution in [0, 0.1) is 17.3 Å². The number of fused-ring (bicyclic) bond motifs is 1. The lowest BCUT2D eigenvalue weighted by Crippen LogP contribution is -2.09. The van der Waals surface area contributed by atoms with Crippen LogP contribution in [-0.4, -0.2) is 12.6 Å². The largest absolute Gasteiger partial charge is 0.458 e. The molecule has 2 atom stereocenters. The molecule has 1 fully saturated rings. The van der Waals surface area contributed by atoms with E-state index in [0.717, 1.165) is 12.0 Å². The van der Waals surface area contributed by atoms with Crippen LogP contribution in [0.4, 0.5) is 0 Å². The zero-order valence-corrected chi connectivity index (χ0v) is 10.9. The van der Waals surface area contributed by atoms with Gasteiger partial charge >= 0.3 is 5.97 Å². The van der Waals surface area contributed by atoms with Gasteiger partial charge in [-0.05, 0) is 55.1 Å². The summed E-state index contributed by atoms with van der Waals surface area (Å²) in [5, 5.41) is 0. The van der Waals surface area contributed by atoms with Gasteiger partial charge in [0.25, 0.3) is 0 Å². The smallest absolute Gasteiger partial charge is 0.338 e. The summed E-state index contributed by atoms with van der Waals surface area (Å²) in [5.74, 6) is 1.27. The third-order valence-corrected chi connectivity index (χ3v) is 4.60. The lowest BCUT2D eigenvalue weighted by Gasteiger charge is -2.18. The molecular formula is C15H20O2. The molecule has 2 unspecified atom stereocenters. The Labute approximate surface area is 103 Å². The van der Waals surface area contributed by atoms with Gasteiger partial charge in [0, 0.05) is 0 Å². The third kappa shape index (κ3) is 1.74. The van der Waals surface area contributed by atoms with Gasteiger partial charge in [-0.3, -0.25) is 0 Å². The normalized spacial score (nSPS) is 35.0. The van der Waals surface area contributed by atoms with Crippen LogP contribution >= 0.6 is 0 Å². The minimum atomic E-state index is -0.112. The van der Waals surface area contributed by atoms with Crippen molar-refractivity contribution >= 4 is 5.97 Å². The molecule has 0 saturated heterocycles. The van der Waals surface area contributed by atoms with E-state index in [4.69, 9.17) is 4.74 Å². The molecule has 0 aromatic carbocycles. The average molecular weight is 232 g/mol. The highest BCUT2D eigenvalue weighted by molar-refractivity contribution is 5.95. The van der Waals surface area contributed by atoms with Crippen LogP contribution in [0.3, 0.4) is 0 Å². The molecule has 2 heteroatoms. The minimum Gasteiger partial charge on any atom is -0.458 e. The van der Waals surface area contributed by atoms with Crippen molar-refractivity contribution in [2.75, 3.05) is 6.61 Å². The first-order valence-corrected chi connectivity index (χ1v) is 6.54. The average Bonchev–Trinajstić information content (AvgIpc) is 2.68. The fourth-order valence-electron chi connectivity index (χ4n) is 3.88. The maximum absolute atomic E-state index is 11.6. The van der Waals surface area contributed by atoms with Gasteiger partial charge < -0.3 is 4.74 Å². The first-order valence-electron chi connectivity index (χ1n) is 6.54. The molecule has 92 valence electrons. The zero-order chi connectivity index (χ0) is 12.2. The number of hydrogen-bond acceptors (Lipinski definition) is 2. The van der Waals surface area contributed by atoms with Crippen molar-refractivity contribution in [1.29, 1.82) is 0 Å². The molecule has 1 aliphatic heterocycles. The zero-order valence-electron chi connectivity index (χ0n) is 10.9. The second kappa shape index (κ2) is 3.47. The monoisotopic (exact) mass is 232 g/mol. The van der Waals surface area contributed by atoms with Crippen molar-refractivity contribution in [3.63, 3.8) is 0 Å². The molecule has 0 aromatic rings. The number of hydrogen-bond donors (Lipinski definition) is 0. The maximum Gasteiger partial charge on any atom is 0.338 e. The molecule has 1 saturated carbocycles. The van der Waals surface area contributed by atoms with Gasteiger partial charge in [-0.1, -0.05) is 19.4 Å². The van der Waals surface area contributed by atoms with E-state index in [1.807, 2.05) is 0 Å². The standard InChI is InChI=1S/C15H20O2/c1-9-4-12-11(8-17-14(12)16)5-10-6-15(2,3)7-13(9)10/h4,10,13H,5-8H2,1-3H3. The Balaban J connectivity index is 1.97. The molecule has 0 radical (unpaired) electrons. The molecule has 3 rings (SSSR count). The van der Waals surface area contributed by atoms with E-state index in [1.165, 1.54) is 24.0 Å². The molecule has 17 heavy (non-hydrogen) atoms. The van der Waals surface area contributed by atoms with Crippen LogP contribution in [0.5, 0.6) is 0 Å². The molecule has 0 spiro atoms. The maximum atomic E-state index is 11.6. The van der Waals surface area contributed by atoms with Gasteiger partial charge in [0.15, 0.2) is 0 Å². The molecule has 0 aromatic heterocycles. The van der Waals surface area contributed by atoms with Crippen LogP contribution in [0.25, 0.3) is 0 Å². The number of allylic oxidation sites excluding steroid dienone is 1. The van der Waals surface area contributed by atoms with Crippen LogP contribution in [0.1, 0.15) is 40.0 Å². The highest BCUT2D eigenvalue weighted by Gasteiger charge is 2.42. The minimum absolute atomic E-state index is 0.112. The van der Waals surface area contributed by atoms with Crippen LogP contribution in [0.15, 0.2) is 22.8 Å². The van der Waals surface area contributed by atoms with Gasteiger partial charge in [-0.15, -0.1) is 0 Å². The summed E-state index contributed by atoms with van der Waals surface area (Å²) in [6.45, 7) is 7.43. The topological polar surface area (TPSA) is 26.3 Å². The quantitative estimate of drug-likeness (QED) is 0.599.